The third kappa shape index (κ3) is 4.51. The average molecular weight is 387 g/mol. The summed E-state index contributed by atoms with van der Waals surface area (Å²) in [5.74, 6) is -0.480. The van der Waals surface area contributed by atoms with Gasteiger partial charge in [0.15, 0.2) is 5.78 Å². The number of carbonyl (C=O) groups is 3. The first kappa shape index (κ1) is 19.9. The van der Waals surface area contributed by atoms with Crippen LogP contribution in [0.2, 0.25) is 0 Å². The smallest absolute Gasteiger partial charge is 0.433 e. The molecule has 28 heavy (non-hydrogen) atoms. The van der Waals surface area contributed by atoms with Crippen molar-refractivity contribution < 1.29 is 23.9 Å². The van der Waals surface area contributed by atoms with Crippen molar-refractivity contribution in [1.82, 2.24) is 15.3 Å². The lowest BCUT2D eigenvalue weighted by atomic mass is 9.98. The van der Waals surface area contributed by atoms with Crippen LogP contribution in [0.25, 0.3) is 0 Å². The Morgan fingerprint density at radius 3 is 2.57 bits per heavy atom. The van der Waals surface area contributed by atoms with Crippen molar-refractivity contribution in [3.8, 4) is 0 Å². The van der Waals surface area contributed by atoms with E-state index in [1.54, 1.807) is 37.3 Å². The summed E-state index contributed by atoms with van der Waals surface area (Å²) in [7, 11) is 0. The molecule has 1 aliphatic carbocycles. The second kappa shape index (κ2) is 9.36. The van der Waals surface area contributed by atoms with Crippen LogP contribution in [0.3, 0.4) is 0 Å². The van der Waals surface area contributed by atoms with Crippen molar-refractivity contribution in [3.63, 3.8) is 0 Å². The molecule has 0 aromatic heterocycles. The second-order valence-electron chi connectivity index (χ2n) is 6.51. The van der Waals surface area contributed by atoms with Gasteiger partial charge in [-0.3, -0.25) is 15.0 Å². The Hall–Kier alpha value is -2.87. The highest BCUT2D eigenvalue weighted by molar-refractivity contribution is 5.98. The van der Waals surface area contributed by atoms with Gasteiger partial charge in [0.2, 0.25) is 0 Å². The Morgan fingerprint density at radius 2 is 1.89 bits per heavy atom. The molecule has 0 bridgehead atoms. The largest absolute Gasteiger partial charge is 0.448 e. The maximum atomic E-state index is 12.7. The van der Waals surface area contributed by atoms with Gasteiger partial charge < -0.3 is 14.4 Å². The predicted molar refractivity (Wildman–Crippen MR) is 101 cm³/mol. The molecule has 1 aliphatic heterocycles. The van der Waals surface area contributed by atoms with Crippen LogP contribution in [-0.4, -0.2) is 60.6 Å². The number of ketones is 1. The lowest BCUT2D eigenvalue weighted by Gasteiger charge is -2.36. The van der Waals surface area contributed by atoms with Crippen molar-refractivity contribution in [2.24, 2.45) is 0 Å². The van der Waals surface area contributed by atoms with Gasteiger partial charge in [-0.2, -0.15) is 5.01 Å². The normalized spacial score (nSPS) is 17.3. The number of hydrazine groups is 1. The van der Waals surface area contributed by atoms with E-state index in [1.165, 1.54) is 0 Å². The van der Waals surface area contributed by atoms with Crippen LogP contribution in [-0.2, 0) is 14.3 Å². The molecule has 1 aromatic rings. The minimum Gasteiger partial charge on any atom is -0.448 e. The topological polar surface area (TPSA) is 88.2 Å². The first-order valence-corrected chi connectivity index (χ1v) is 9.53. The monoisotopic (exact) mass is 387 g/mol. The van der Waals surface area contributed by atoms with Crippen molar-refractivity contribution in [2.45, 2.75) is 26.2 Å². The molecule has 0 radical (unpaired) electrons. The first-order valence-electron chi connectivity index (χ1n) is 9.53. The lowest BCUT2D eigenvalue weighted by molar-refractivity contribution is -0.118. The molecular weight excluding hydrogens is 362 g/mol. The number of benzene rings is 1. The number of hydrogen-bond acceptors (Lipinski definition) is 6. The zero-order valence-electron chi connectivity index (χ0n) is 16.0. The molecule has 0 spiro atoms. The third-order valence-electron chi connectivity index (χ3n) is 4.65. The van der Waals surface area contributed by atoms with Crippen LogP contribution in [0.1, 0.15) is 36.5 Å². The standard InChI is InChI=1S/C20H25N3O5/c1-2-28-20(26)23(21-19(25)15-7-4-3-5-8-15)16-9-6-10-17(24)18(16)22-11-13-27-14-12-22/h3-5,7-8H,2,6,9-14H2,1H3,(H,21,25). The Morgan fingerprint density at radius 1 is 1.18 bits per heavy atom. The van der Waals surface area contributed by atoms with E-state index in [0.717, 1.165) is 5.01 Å². The Balaban J connectivity index is 1.95. The Kier molecular flexibility index (Phi) is 6.65. The molecule has 1 N–H and O–H groups in total. The molecule has 0 saturated carbocycles. The summed E-state index contributed by atoms with van der Waals surface area (Å²) >= 11 is 0. The second-order valence-corrected chi connectivity index (χ2v) is 6.51. The number of hydrogen-bond donors (Lipinski definition) is 1. The van der Waals surface area contributed by atoms with Gasteiger partial charge in [0.25, 0.3) is 5.91 Å². The molecule has 150 valence electrons. The van der Waals surface area contributed by atoms with Gasteiger partial charge in [0, 0.05) is 25.1 Å². The quantitative estimate of drug-likeness (QED) is 0.796. The third-order valence-corrected chi connectivity index (χ3v) is 4.65. The molecule has 1 fully saturated rings. The number of rotatable bonds is 4. The van der Waals surface area contributed by atoms with Gasteiger partial charge in [-0.1, -0.05) is 18.2 Å². The fraction of sp³-hybridized carbons (Fsp3) is 0.450. The molecule has 8 nitrogen and oxygen atoms in total. The van der Waals surface area contributed by atoms with E-state index in [0.29, 0.717) is 62.5 Å². The summed E-state index contributed by atoms with van der Waals surface area (Å²) in [6.07, 6.45) is 0.813. The minimum absolute atomic E-state index is 0.0357. The number of ether oxygens (including phenoxy) is 2. The van der Waals surface area contributed by atoms with Gasteiger partial charge in [-0.25, -0.2) is 4.79 Å². The minimum atomic E-state index is -0.706. The van der Waals surface area contributed by atoms with Crippen LogP contribution in [0.15, 0.2) is 41.7 Å². The summed E-state index contributed by atoms with van der Waals surface area (Å²) in [5.41, 5.74) is 3.98. The summed E-state index contributed by atoms with van der Waals surface area (Å²) in [4.78, 5) is 40.0. The molecule has 3 rings (SSSR count). The van der Waals surface area contributed by atoms with Crippen LogP contribution < -0.4 is 5.43 Å². The molecule has 1 saturated heterocycles. The molecule has 8 heteroatoms. The SMILES string of the molecule is CCOC(=O)N(NC(=O)c1ccccc1)C1=C(N2CCOCC2)C(=O)CCC1. The average Bonchev–Trinajstić information content (AvgIpc) is 2.73. The van der Waals surface area contributed by atoms with Crippen molar-refractivity contribution in [1.29, 1.82) is 0 Å². The van der Waals surface area contributed by atoms with E-state index >= 15 is 0 Å². The number of Topliss-reactive ketones (excluding diaryl/α,β-unsaturated/α-hetero) is 1. The lowest BCUT2D eigenvalue weighted by Crippen LogP contribution is -2.49. The van der Waals surface area contributed by atoms with Crippen LogP contribution >= 0.6 is 0 Å². The Labute approximate surface area is 164 Å². The van der Waals surface area contributed by atoms with Crippen LogP contribution in [0, 0.1) is 0 Å². The zero-order chi connectivity index (χ0) is 19.9. The van der Waals surface area contributed by atoms with E-state index < -0.39 is 12.0 Å². The van der Waals surface area contributed by atoms with Gasteiger partial charge in [-0.05, 0) is 31.9 Å². The molecule has 1 heterocycles. The highest BCUT2D eigenvalue weighted by Gasteiger charge is 2.33. The van der Waals surface area contributed by atoms with E-state index in [9.17, 15) is 14.4 Å². The van der Waals surface area contributed by atoms with Crippen LogP contribution in [0.4, 0.5) is 4.79 Å². The number of morpholine rings is 1. The molecule has 1 aromatic carbocycles. The van der Waals surface area contributed by atoms with E-state index in [-0.39, 0.29) is 12.4 Å². The van der Waals surface area contributed by atoms with Crippen LogP contribution in [0.5, 0.6) is 0 Å². The highest BCUT2D eigenvalue weighted by Crippen LogP contribution is 2.28. The van der Waals surface area contributed by atoms with Gasteiger partial charge in [-0.15, -0.1) is 0 Å². The van der Waals surface area contributed by atoms with Gasteiger partial charge in [0.05, 0.1) is 25.5 Å². The first-order chi connectivity index (χ1) is 13.6. The predicted octanol–water partition coefficient (Wildman–Crippen LogP) is 2.09. The summed E-state index contributed by atoms with van der Waals surface area (Å²) < 4.78 is 10.5. The summed E-state index contributed by atoms with van der Waals surface area (Å²) in [6, 6.07) is 8.60. The number of nitrogens with zero attached hydrogens (tertiary/aromatic N) is 2. The van der Waals surface area contributed by atoms with Crippen molar-refractivity contribution >= 4 is 17.8 Å². The summed E-state index contributed by atoms with van der Waals surface area (Å²) in [6.45, 7) is 4.00. The van der Waals surface area contributed by atoms with Crippen molar-refractivity contribution in [3.05, 3.63) is 47.3 Å². The highest BCUT2D eigenvalue weighted by atomic mass is 16.6. The van der Waals surface area contributed by atoms with Gasteiger partial charge in [0.1, 0.15) is 5.70 Å². The van der Waals surface area contributed by atoms with E-state index in [4.69, 9.17) is 9.47 Å². The molecule has 2 amide bonds. The zero-order valence-corrected chi connectivity index (χ0v) is 16.0. The molecule has 0 unspecified atom stereocenters. The summed E-state index contributed by atoms with van der Waals surface area (Å²) in [5, 5.41) is 1.10. The molecule has 2 aliphatic rings. The molecular formula is C20H25N3O5. The maximum absolute atomic E-state index is 12.7. The molecule has 0 atom stereocenters. The number of nitrogens with one attached hydrogen (secondary N) is 1. The number of allylic oxidation sites excluding steroid dienone is 2. The maximum Gasteiger partial charge on any atom is 0.433 e. The number of amides is 2. The van der Waals surface area contributed by atoms with Crippen molar-refractivity contribution in [2.75, 3.05) is 32.9 Å². The Bertz CT molecular complexity index is 756. The number of carbonyl (C=O) groups excluding carboxylic acids is 3. The fourth-order valence-corrected chi connectivity index (χ4v) is 3.34. The fourth-order valence-electron chi connectivity index (χ4n) is 3.34. The van der Waals surface area contributed by atoms with E-state index in [1.807, 2.05) is 4.90 Å². The van der Waals surface area contributed by atoms with E-state index in [2.05, 4.69) is 5.43 Å². The van der Waals surface area contributed by atoms with Gasteiger partial charge >= 0.3 is 6.09 Å².